The summed E-state index contributed by atoms with van der Waals surface area (Å²) >= 11 is 0. The molecule has 1 N–H and O–H groups in total. The number of carboxylic acid groups (broad SMARTS) is 1. The molecule has 4 heteroatoms. The first kappa shape index (κ1) is 18.4. The molecule has 1 aliphatic carbocycles. The van der Waals surface area contributed by atoms with Gasteiger partial charge in [-0.3, -0.25) is 4.79 Å². The summed E-state index contributed by atoms with van der Waals surface area (Å²) in [5, 5.41) is 9.85. The van der Waals surface area contributed by atoms with Crippen LogP contribution in [0.3, 0.4) is 0 Å². The average Bonchev–Trinajstić information content (AvgIpc) is 2.67. The number of aliphatic carboxylic acids is 1. The Morgan fingerprint density at radius 2 is 1.96 bits per heavy atom. The van der Waals surface area contributed by atoms with E-state index in [1.165, 1.54) is 11.5 Å². The molecule has 4 nitrogen and oxygen atoms in total. The minimum atomic E-state index is -0.672. The van der Waals surface area contributed by atoms with Crippen LogP contribution >= 0.6 is 0 Å². The first-order chi connectivity index (χ1) is 12.2. The molecule has 0 spiro atoms. The van der Waals surface area contributed by atoms with Gasteiger partial charge in [-0.1, -0.05) is 30.3 Å². The molecule has 2 aliphatic rings. The molecule has 2 fully saturated rings. The van der Waals surface area contributed by atoms with E-state index >= 15 is 0 Å². The first-order valence-electron chi connectivity index (χ1n) is 9.51. The van der Waals surface area contributed by atoms with Crippen molar-refractivity contribution in [1.82, 2.24) is 0 Å². The molecule has 0 aromatic heterocycles. The van der Waals surface area contributed by atoms with Gasteiger partial charge in [0.2, 0.25) is 0 Å². The predicted molar refractivity (Wildman–Crippen MR) is 96.1 cm³/mol. The molecular formula is C21H29O4. The lowest BCUT2D eigenvalue weighted by atomic mass is 9.65. The molecule has 0 amide bonds. The third-order valence-electron chi connectivity index (χ3n) is 5.78. The zero-order valence-corrected chi connectivity index (χ0v) is 14.9. The van der Waals surface area contributed by atoms with Gasteiger partial charge in [-0.05, 0) is 62.8 Å². The molecule has 0 unspecified atom stereocenters. The number of carbonyl (C=O) groups is 1. The van der Waals surface area contributed by atoms with Crippen molar-refractivity contribution in [2.24, 2.45) is 5.41 Å². The second-order valence-electron chi connectivity index (χ2n) is 7.35. The molecule has 1 aliphatic heterocycles. The Bertz CT molecular complexity index is 528. The summed E-state index contributed by atoms with van der Waals surface area (Å²) in [6, 6.07) is 10.2. The predicted octanol–water partition coefficient (Wildman–Crippen LogP) is 4.38. The van der Waals surface area contributed by atoms with E-state index in [1.807, 2.05) is 18.2 Å². The Morgan fingerprint density at radius 3 is 2.60 bits per heavy atom. The van der Waals surface area contributed by atoms with Crippen LogP contribution in [0.1, 0.15) is 56.9 Å². The van der Waals surface area contributed by atoms with Crippen LogP contribution in [-0.4, -0.2) is 30.4 Å². The van der Waals surface area contributed by atoms with Crippen LogP contribution in [0.2, 0.25) is 0 Å². The maximum Gasteiger partial charge on any atom is 0.312 e. The molecule has 1 saturated heterocycles. The van der Waals surface area contributed by atoms with Crippen LogP contribution in [0.5, 0.6) is 0 Å². The summed E-state index contributed by atoms with van der Waals surface area (Å²) in [6.07, 6.45) is 7.07. The third kappa shape index (κ3) is 4.62. The van der Waals surface area contributed by atoms with Crippen molar-refractivity contribution >= 4 is 5.97 Å². The van der Waals surface area contributed by atoms with Crippen LogP contribution in [0, 0.1) is 11.3 Å². The molecule has 1 saturated carbocycles. The van der Waals surface area contributed by atoms with Crippen LogP contribution in [-0.2, 0) is 20.9 Å². The number of rotatable bonds is 7. The highest BCUT2D eigenvalue weighted by Crippen LogP contribution is 2.46. The van der Waals surface area contributed by atoms with Gasteiger partial charge in [-0.2, -0.15) is 0 Å². The van der Waals surface area contributed by atoms with E-state index < -0.39 is 11.4 Å². The molecule has 1 aromatic carbocycles. The van der Waals surface area contributed by atoms with E-state index in [-0.39, 0.29) is 6.10 Å². The van der Waals surface area contributed by atoms with Crippen molar-refractivity contribution in [3.63, 3.8) is 0 Å². The summed E-state index contributed by atoms with van der Waals surface area (Å²) in [6.45, 7) is 2.07. The normalized spacial score (nSPS) is 24.1. The molecule has 1 atom stereocenters. The zero-order valence-electron chi connectivity index (χ0n) is 14.9. The summed E-state index contributed by atoms with van der Waals surface area (Å²) in [7, 11) is 0. The third-order valence-corrected chi connectivity index (χ3v) is 5.78. The fourth-order valence-corrected chi connectivity index (χ4v) is 4.13. The molecule has 0 bridgehead atoms. The topological polar surface area (TPSA) is 55.8 Å². The number of ether oxygens (including phenoxy) is 2. The lowest BCUT2D eigenvalue weighted by Crippen LogP contribution is -2.47. The van der Waals surface area contributed by atoms with Crippen molar-refractivity contribution in [3.8, 4) is 0 Å². The Kier molecular flexibility index (Phi) is 6.49. The van der Waals surface area contributed by atoms with Crippen LogP contribution < -0.4 is 0 Å². The molecular weight excluding hydrogens is 316 g/mol. The van der Waals surface area contributed by atoms with E-state index in [4.69, 9.17) is 9.47 Å². The molecule has 1 aromatic rings. The summed E-state index contributed by atoms with van der Waals surface area (Å²) in [5.74, 6) is 0.777. The van der Waals surface area contributed by atoms with Crippen molar-refractivity contribution in [2.45, 2.75) is 64.1 Å². The SMILES string of the molecule is O=C(O)C1([C@@H]2CCCCO2)CC[C](CCOCc2ccccc2)CC1. The number of benzene rings is 1. The Hall–Kier alpha value is -1.39. The molecule has 3 rings (SSSR count). The zero-order chi connectivity index (χ0) is 17.5. The van der Waals surface area contributed by atoms with E-state index in [9.17, 15) is 9.90 Å². The van der Waals surface area contributed by atoms with Gasteiger partial charge >= 0.3 is 5.97 Å². The van der Waals surface area contributed by atoms with E-state index in [1.54, 1.807) is 0 Å². The lowest BCUT2D eigenvalue weighted by molar-refractivity contribution is -0.167. The van der Waals surface area contributed by atoms with Crippen LogP contribution in [0.15, 0.2) is 30.3 Å². The second kappa shape index (κ2) is 8.81. The van der Waals surface area contributed by atoms with Gasteiger partial charge < -0.3 is 14.6 Å². The maximum absolute atomic E-state index is 12.0. The lowest BCUT2D eigenvalue weighted by Gasteiger charge is -2.43. The highest BCUT2D eigenvalue weighted by molar-refractivity contribution is 5.75. The number of hydrogen-bond acceptors (Lipinski definition) is 3. The first-order valence-corrected chi connectivity index (χ1v) is 9.51. The summed E-state index contributed by atoms with van der Waals surface area (Å²) < 4.78 is 11.6. The van der Waals surface area contributed by atoms with Gasteiger partial charge in [-0.25, -0.2) is 0 Å². The van der Waals surface area contributed by atoms with Crippen molar-refractivity contribution in [2.75, 3.05) is 13.2 Å². The van der Waals surface area contributed by atoms with E-state index in [2.05, 4.69) is 12.1 Å². The monoisotopic (exact) mass is 345 g/mol. The van der Waals surface area contributed by atoms with Gasteiger partial charge in [-0.15, -0.1) is 0 Å². The fourth-order valence-electron chi connectivity index (χ4n) is 4.13. The van der Waals surface area contributed by atoms with Crippen LogP contribution in [0.25, 0.3) is 0 Å². The Balaban J connectivity index is 1.43. The number of carboxylic acids is 1. The average molecular weight is 345 g/mol. The van der Waals surface area contributed by atoms with Gasteiger partial charge in [0.05, 0.1) is 18.1 Å². The molecule has 137 valence electrons. The molecule has 1 heterocycles. The van der Waals surface area contributed by atoms with Gasteiger partial charge in [0.15, 0.2) is 0 Å². The molecule has 25 heavy (non-hydrogen) atoms. The van der Waals surface area contributed by atoms with Gasteiger partial charge in [0.25, 0.3) is 0 Å². The summed E-state index contributed by atoms with van der Waals surface area (Å²) in [4.78, 5) is 12.0. The highest BCUT2D eigenvalue weighted by atomic mass is 16.5. The highest BCUT2D eigenvalue weighted by Gasteiger charge is 2.49. The molecule has 1 radical (unpaired) electrons. The fraction of sp³-hybridized carbons (Fsp3) is 0.619. The van der Waals surface area contributed by atoms with Gasteiger partial charge in [0, 0.05) is 13.2 Å². The summed E-state index contributed by atoms with van der Waals surface area (Å²) in [5.41, 5.74) is 0.518. The maximum atomic E-state index is 12.0. The number of hydrogen-bond donors (Lipinski definition) is 1. The van der Waals surface area contributed by atoms with E-state index in [0.717, 1.165) is 38.5 Å². The van der Waals surface area contributed by atoms with Crippen molar-refractivity contribution in [1.29, 1.82) is 0 Å². The standard InChI is InChI=1S/C21H29O4/c22-20(23)21(19-8-4-5-14-25-19)12-9-17(10-13-21)11-15-24-16-18-6-2-1-3-7-18/h1-3,6-7,19H,4-5,8-16H2,(H,22,23)/t19-/m0/s1. The van der Waals surface area contributed by atoms with Gasteiger partial charge in [0.1, 0.15) is 0 Å². The minimum Gasteiger partial charge on any atom is -0.481 e. The van der Waals surface area contributed by atoms with E-state index in [0.29, 0.717) is 32.7 Å². The van der Waals surface area contributed by atoms with Crippen LogP contribution in [0.4, 0.5) is 0 Å². The van der Waals surface area contributed by atoms with Crippen molar-refractivity contribution < 1.29 is 19.4 Å². The minimum absolute atomic E-state index is 0.102. The quantitative estimate of drug-likeness (QED) is 0.745. The Labute approximate surface area is 150 Å². The Morgan fingerprint density at radius 1 is 1.20 bits per heavy atom. The smallest absolute Gasteiger partial charge is 0.312 e. The second-order valence-corrected chi connectivity index (χ2v) is 7.35. The largest absolute Gasteiger partial charge is 0.481 e. The van der Waals surface area contributed by atoms with Crippen molar-refractivity contribution in [3.05, 3.63) is 41.8 Å².